The van der Waals surface area contributed by atoms with Gasteiger partial charge < -0.3 is 5.73 Å². The van der Waals surface area contributed by atoms with Crippen molar-refractivity contribution in [1.29, 1.82) is 0 Å². The quantitative estimate of drug-likeness (QED) is 0.922. The topological polar surface area (TPSA) is 56.7 Å². The van der Waals surface area contributed by atoms with E-state index < -0.39 is 0 Å². The third-order valence-corrected chi connectivity index (χ3v) is 2.69. The van der Waals surface area contributed by atoms with Gasteiger partial charge in [0.25, 0.3) is 0 Å². The maximum atomic E-state index is 5.78. The molecule has 0 aliphatic rings. The van der Waals surface area contributed by atoms with Gasteiger partial charge >= 0.3 is 0 Å². The molecular formula is C9H8BrClN4. The van der Waals surface area contributed by atoms with Crippen LogP contribution >= 0.6 is 27.5 Å². The van der Waals surface area contributed by atoms with Crippen LogP contribution in [0.2, 0.25) is 5.02 Å². The third kappa shape index (κ3) is 2.30. The third-order valence-electron chi connectivity index (χ3n) is 1.93. The summed E-state index contributed by atoms with van der Waals surface area (Å²) >= 11 is 9.10. The standard InChI is InChI=1S/C9H8BrClN4/c10-6-1-2-7(13-3-6)5-15-9(12)8(11)4-14-15/h1-4H,5,12H2. The number of anilines is 1. The van der Waals surface area contributed by atoms with E-state index in [0.717, 1.165) is 10.2 Å². The molecular weight excluding hydrogens is 279 g/mol. The maximum Gasteiger partial charge on any atom is 0.141 e. The average Bonchev–Trinajstić information content (AvgIpc) is 2.53. The van der Waals surface area contributed by atoms with Crippen molar-refractivity contribution in [3.8, 4) is 0 Å². The summed E-state index contributed by atoms with van der Waals surface area (Å²) in [6.45, 7) is 0.520. The number of halogens is 2. The molecule has 2 N–H and O–H groups in total. The number of pyridine rings is 1. The molecule has 0 bridgehead atoms. The van der Waals surface area contributed by atoms with Crippen LogP contribution < -0.4 is 5.73 Å². The van der Waals surface area contributed by atoms with Crippen LogP contribution in [-0.2, 0) is 6.54 Å². The monoisotopic (exact) mass is 286 g/mol. The normalized spacial score (nSPS) is 10.5. The fourth-order valence-corrected chi connectivity index (χ4v) is 1.53. The first-order valence-corrected chi connectivity index (χ1v) is 5.41. The van der Waals surface area contributed by atoms with E-state index >= 15 is 0 Å². The molecule has 0 spiro atoms. The highest BCUT2D eigenvalue weighted by atomic mass is 79.9. The predicted molar refractivity (Wildman–Crippen MR) is 62.7 cm³/mol. The molecule has 0 unspecified atom stereocenters. The highest BCUT2D eigenvalue weighted by Crippen LogP contribution is 2.18. The Morgan fingerprint density at radius 2 is 2.20 bits per heavy atom. The van der Waals surface area contributed by atoms with Gasteiger partial charge in [0, 0.05) is 10.7 Å². The van der Waals surface area contributed by atoms with E-state index in [1.54, 1.807) is 10.9 Å². The summed E-state index contributed by atoms with van der Waals surface area (Å²) < 4.78 is 2.55. The Morgan fingerprint density at radius 3 is 2.73 bits per heavy atom. The molecule has 78 valence electrons. The van der Waals surface area contributed by atoms with Crippen LogP contribution in [0.1, 0.15) is 5.69 Å². The first-order valence-electron chi connectivity index (χ1n) is 4.24. The van der Waals surface area contributed by atoms with Gasteiger partial charge in [0.05, 0.1) is 18.4 Å². The number of nitrogens with zero attached hydrogens (tertiary/aromatic N) is 3. The molecule has 0 aromatic carbocycles. The molecule has 0 saturated carbocycles. The van der Waals surface area contributed by atoms with Gasteiger partial charge in [0.2, 0.25) is 0 Å². The van der Waals surface area contributed by atoms with Crippen LogP contribution in [0, 0.1) is 0 Å². The predicted octanol–water partition coefficient (Wildman–Crippen LogP) is 2.32. The highest BCUT2D eigenvalue weighted by Gasteiger charge is 2.05. The largest absolute Gasteiger partial charge is 0.383 e. The molecule has 2 aromatic heterocycles. The Kier molecular flexibility index (Phi) is 2.93. The summed E-state index contributed by atoms with van der Waals surface area (Å²) in [5.74, 6) is 0.460. The van der Waals surface area contributed by atoms with E-state index in [1.165, 1.54) is 6.20 Å². The van der Waals surface area contributed by atoms with E-state index in [-0.39, 0.29) is 0 Å². The molecule has 0 saturated heterocycles. The average molecular weight is 288 g/mol. The number of hydrogen-bond acceptors (Lipinski definition) is 3. The second-order valence-electron chi connectivity index (χ2n) is 3.00. The second-order valence-corrected chi connectivity index (χ2v) is 4.33. The van der Waals surface area contributed by atoms with Gasteiger partial charge in [0.1, 0.15) is 10.8 Å². The molecule has 15 heavy (non-hydrogen) atoms. The van der Waals surface area contributed by atoms with E-state index in [2.05, 4.69) is 26.0 Å². The number of nitrogen functional groups attached to an aromatic ring is 1. The Balaban J connectivity index is 2.22. The minimum Gasteiger partial charge on any atom is -0.383 e. The van der Waals surface area contributed by atoms with Crippen molar-refractivity contribution >= 4 is 33.3 Å². The Hall–Kier alpha value is -1.07. The van der Waals surface area contributed by atoms with E-state index in [9.17, 15) is 0 Å². The number of rotatable bonds is 2. The van der Waals surface area contributed by atoms with Gasteiger partial charge in [-0.1, -0.05) is 11.6 Å². The van der Waals surface area contributed by atoms with Gasteiger partial charge in [-0.15, -0.1) is 0 Å². The molecule has 6 heteroatoms. The molecule has 0 fully saturated rings. The van der Waals surface area contributed by atoms with Gasteiger partial charge in [0.15, 0.2) is 0 Å². The molecule has 0 atom stereocenters. The van der Waals surface area contributed by atoms with Crippen LogP contribution in [0.3, 0.4) is 0 Å². The molecule has 0 amide bonds. The lowest BCUT2D eigenvalue weighted by atomic mass is 10.3. The Morgan fingerprint density at radius 1 is 1.40 bits per heavy atom. The van der Waals surface area contributed by atoms with Crippen LogP contribution in [0.5, 0.6) is 0 Å². The van der Waals surface area contributed by atoms with E-state index in [0.29, 0.717) is 17.4 Å². The van der Waals surface area contributed by atoms with Crippen molar-refractivity contribution in [1.82, 2.24) is 14.8 Å². The molecule has 0 aliphatic heterocycles. The van der Waals surface area contributed by atoms with Gasteiger partial charge in [-0.2, -0.15) is 5.10 Å². The number of hydrogen-bond donors (Lipinski definition) is 1. The summed E-state index contributed by atoms with van der Waals surface area (Å²) in [5, 5.41) is 4.51. The molecule has 0 radical (unpaired) electrons. The first-order chi connectivity index (χ1) is 7.16. The van der Waals surface area contributed by atoms with Crippen molar-refractivity contribution < 1.29 is 0 Å². The fourth-order valence-electron chi connectivity index (χ4n) is 1.15. The summed E-state index contributed by atoms with van der Waals surface area (Å²) in [7, 11) is 0. The smallest absolute Gasteiger partial charge is 0.141 e. The zero-order chi connectivity index (χ0) is 10.8. The van der Waals surface area contributed by atoms with Crippen molar-refractivity contribution in [2.45, 2.75) is 6.54 Å². The molecule has 2 rings (SSSR count). The zero-order valence-electron chi connectivity index (χ0n) is 7.69. The summed E-state index contributed by atoms with van der Waals surface area (Å²) in [4.78, 5) is 4.22. The van der Waals surface area contributed by atoms with E-state index in [4.69, 9.17) is 17.3 Å². The lowest BCUT2D eigenvalue weighted by Crippen LogP contribution is -2.06. The molecule has 2 heterocycles. The fraction of sp³-hybridized carbons (Fsp3) is 0.111. The van der Waals surface area contributed by atoms with Gasteiger partial charge in [-0.25, -0.2) is 4.68 Å². The number of nitrogens with two attached hydrogens (primary N) is 1. The summed E-state index contributed by atoms with van der Waals surface area (Å²) in [5.41, 5.74) is 6.59. The maximum absolute atomic E-state index is 5.78. The van der Waals surface area contributed by atoms with Crippen LogP contribution in [0.15, 0.2) is 29.0 Å². The minimum atomic E-state index is 0.460. The first kappa shape index (κ1) is 10.4. The molecule has 4 nitrogen and oxygen atoms in total. The Labute approximate surface area is 100 Å². The van der Waals surface area contributed by atoms with Crippen LogP contribution in [0.4, 0.5) is 5.82 Å². The SMILES string of the molecule is Nc1c(Cl)cnn1Cc1ccc(Br)cn1. The number of aromatic nitrogens is 3. The summed E-state index contributed by atoms with van der Waals surface area (Å²) in [6.07, 6.45) is 3.26. The lowest BCUT2D eigenvalue weighted by Gasteiger charge is -2.03. The second kappa shape index (κ2) is 4.20. The van der Waals surface area contributed by atoms with E-state index in [1.807, 2.05) is 12.1 Å². The Bertz CT molecular complexity index is 465. The zero-order valence-corrected chi connectivity index (χ0v) is 10.0. The highest BCUT2D eigenvalue weighted by molar-refractivity contribution is 9.10. The van der Waals surface area contributed by atoms with Crippen molar-refractivity contribution in [2.75, 3.05) is 5.73 Å². The van der Waals surface area contributed by atoms with Gasteiger partial charge in [-0.3, -0.25) is 4.98 Å². The van der Waals surface area contributed by atoms with Gasteiger partial charge in [-0.05, 0) is 28.1 Å². The minimum absolute atomic E-state index is 0.460. The van der Waals surface area contributed by atoms with Crippen LogP contribution in [0.25, 0.3) is 0 Å². The van der Waals surface area contributed by atoms with Crippen LogP contribution in [-0.4, -0.2) is 14.8 Å². The summed E-state index contributed by atoms with van der Waals surface area (Å²) in [6, 6.07) is 3.82. The molecule has 0 aliphatic carbocycles. The molecule has 2 aromatic rings. The van der Waals surface area contributed by atoms with Crippen molar-refractivity contribution in [2.24, 2.45) is 0 Å². The van der Waals surface area contributed by atoms with Crippen molar-refractivity contribution in [3.05, 3.63) is 39.7 Å². The van der Waals surface area contributed by atoms with Crippen molar-refractivity contribution in [3.63, 3.8) is 0 Å². The lowest BCUT2D eigenvalue weighted by molar-refractivity contribution is 0.682.